The Labute approximate surface area is 192 Å². The topological polar surface area (TPSA) is 127 Å². The predicted octanol–water partition coefficient (Wildman–Crippen LogP) is 2.80. The summed E-state index contributed by atoms with van der Waals surface area (Å²) in [6.07, 6.45) is 3.94. The highest BCUT2D eigenvalue weighted by molar-refractivity contribution is 14.0. The fourth-order valence-corrected chi connectivity index (χ4v) is 3.35. The van der Waals surface area contributed by atoms with Crippen LogP contribution in [0.25, 0.3) is 0 Å². The average Bonchev–Trinajstić information content (AvgIpc) is 3.26. The number of hydrogen-bond acceptors (Lipinski definition) is 5. The number of rotatable bonds is 10. The second-order valence-corrected chi connectivity index (χ2v) is 6.92. The smallest absolute Gasteiger partial charge is 0.245 e. The molecule has 0 spiro atoms. The number of benzene rings is 2. The predicted molar refractivity (Wildman–Crippen MR) is 128 cm³/mol. The molecule has 2 aromatic carbocycles. The Kier molecular flexibility index (Phi) is 8.55. The number of nitrogens with one attached hydrogen (secondary N) is 2. The standard InChI is InChI=1S/C22H25N5O2.HI/c23-20(29)22(24,12-7-13-25-21-26-14-15-27-21)19(28)18(16-8-3-1-4-9-16)17-10-5-2-6-11-17;/h1-6,8-11,14-15,18H,7,12-13,24H2,(H2,23,29)(H2,25,26,27);1H/t22-;/m1./s1. The highest BCUT2D eigenvalue weighted by Gasteiger charge is 2.44. The van der Waals surface area contributed by atoms with Crippen LogP contribution in [0.15, 0.2) is 73.1 Å². The Morgan fingerprint density at radius 1 is 1.03 bits per heavy atom. The largest absolute Gasteiger partial charge is 0.368 e. The maximum Gasteiger partial charge on any atom is 0.245 e. The van der Waals surface area contributed by atoms with Gasteiger partial charge in [-0.25, -0.2) is 4.98 Å². The number of amides is 1. The molecule has 6 N–H and O–H groups in total. The normalized spacial score (nSPS) is 12.6. The minimum Gasteiger partial charge on any atom is -0.368 e. The molecular weight excluding hydrogens is 493 g/mol. The summed E-state index contributed by atoms with van der Waals surface area (Å²) in [4.78, 5) is 32.9. The van der Waals surface area contributed by atoms with Crippen molar-refractivity contribution >= 4 is 41.6 Å². The number of halogens is 1. The summed E-state index contributed by atoms with van der Waals surface area (Å²) in [5.41, 5.74) is 11.7. The van der Waals surface area contributed by atoms with E-state index in [-0.39, 0.29) is 30.4 Å². The highest BCUT2D eigenvalue weighted by Crippen LogP contribution is 2.30. The first-order valence-electron chi connectivity index (χ1n) is 9.48. The first kappa shape index (κ1) is 23.6. The van der Waals surface area contributed by atoms with Gasteiger partial charge < -0.3 is 21.8 Å². The lowest BCUT2D eigenvalue weighted by Gasteiger charge is -2.29. The van der Waals surface area contributed by atoms with Crippen LogP contribution in [0.2, 0.25) is 0 Å². The summed E-state index contributed by atoms with van der Waals surface area (Å²) >= 11 is 0. The van der Waals surface area contributed by atoms with E-state index in [2.05, 4.69) is 15.3 Å². The van der Waals surface area contributed by atoms with Gasteiger partial charge in [-0.3, -0.25) is 9.59 Å². The molecule has 0 aliphatic rings. The van der Waals surface area contributed by atoms with Crippen LogP contribution in [0.4, 0.5) is 5.95 Å². The molecule has 158 valence electrons. The number of primary amides is 1. The zero-order chi connectivity index (χ0) is 20.7. The minimum atomic E-state index is -1.78. The third kappa shape index (κ3) is 5.45. The first-order valence-corrected chi connectivity index (χ1v) is 9.48. The number of ketones is 1. The monoisotopic (exact) mass is 519 g/mol. The molecule has 0 aliphatic carbocycles. The van der Waals surface area contributed by atoms with Crippen LogP contribution in [0.3, 0.4) is 0 Å². The third-order valence-corrected chi connectivity index (χ3v) is 4.95. The molecule has 1 atom stereocenters. The van der Waals surface area contributed by atoms with Crippen molar-refractivity contribution in [3.8, 4) is 0 Å². The van der Waals surface area contributed by atoms with Crippen LogP contribution in [0.1, 0.15) is 29.9 Å². The van der Waals surface area contributed by atoms with Gasteiger partial charge in [0.2, 0.25) is 5.91 Å². The molecular formula is C22H26IN5O2. The number of carbonyl (C=O) groups is 2. The molecule has 8 heteroatoms. The summed E-state index contributed by atoms with van der Waals surface area (Å²) in [7, 11) is 0. The van der Waals surface area contributed by atoms with Crippen molar-refractivity contribution in [1.29, 1.82) is 0 Å². The molecule has 1 amide bonds. The third-order valence-electron chi connectivity index (χ3n) is 4.95. The van der Waals surface area contributed by atoms with Crippen LogP contribution in [-0.4, -0.2) is 33.7 Å². The zero-order valence-electron chi connectivity index (χ0n) is 16.5. The second-order valence-electron chi connectivity index (χ2n) is 6.92. The summed E-state index contributed by atoms with van der Waals surface area (Å²) in [6, 6.07) is 18.6. The van der Waals surface area contributed by atoms with Crippen LogP contribution < -0.4 is 16.8 Å². The van der Waals surface area contributed by atoms with Crippen molar-refractivity contribution in [2.75, 3.05) is 11.9 Å². The summed E-state index contributed by atoms with van der Waals surface area (Å²) < 4.78 is 0. The molecule has 0 fully saturated rings. The maximum absolute atomic E-state index is 13.6. The molecule has 1 heterocycles. The van der Waals surface area contributed by atoms with Gasteiger partial charge in [-0.05, 0) is 24.0 Å². The summed E-state index contributed by atoms with van der Waals surface area (Å²) in [6.45, 7) is 0.494. The summed E-state index contributed by atoms with van der Waals surface area (Å²) in [5.74, 6) is -1.28. The number of aromatic amines is 1. The van der Waals surface area contributed by atoms with E-state index in [1.54, 1.807) is 12.4 Å². The number of nitrogens with zero attached hydrogens (tertiary/aromatic N) is 1. The van der Waals surface area contributed by atoms with Crippen LogP contribution in [0.5, 0.6) is 0 Å². The van der Waals surface area contributed by atoms with Gasteiger partial charge in [-0.1, -0.05) is 60.7 Å². The molecule has 0 unspecified atom stereocenters. The molecule has 0 saturated heterocycles. The van der Waals surface area contributed by atoms with Crippen molar-refractivity contribution in [2.24, 2.45) is 11.5 Å². The van der Waals surface area contributed by atoms with Gasteiger partial charge in [0, 0.05) is 18.9 Å². The lowest BCUT2D eigenvalue weighted by molar-refractivity contribution is -0.134. The minimum absolute atomic E-state index is 0. The number of Topliss-reactive ketones (excluding diaryl/α,β-unsaturated/α-hetero) is 1. The molecule has 7 nitrogen and oxygen atoms in total. The number of hydrogen-bond donors (Lipinski definition) is 4. The van der Waals surface area contributed by atoms with Gasteiger partial charge in [0.05, 0.1) is 5.92 Å². The van der Waals surface area contributed by atoms with Gasteiger partial charge in [0.15, 0.2) is 17.3 Å². The zero-order valence-corrected chi connectivity index (χ0v) is 18.8. The lowest BCUT2D eigenvalue weighted by Crippen LogP contribution is -2.59. The van der Waals surface area contributed by atoms with E-state index in [9.17, 15) is 9.59 Å². The van der Waals surface area contributed by atoms with E-state index < -0.39 is 23.1 Å². The Morgan fingerprint density at radius 2 is 1.60 bits per heavy atom. The Morgan fingerprint density at radius 3 is 2.07 bits per heavy atom. The highest BCUT2D eigenvalue weighted by atomic mass is 127. The first-order chi connectivity index (χ1) is 14.0. The molecule has 0 aliphatic heterocycles. The Bertz CT molecular complexity index is 895. The van der Waals surface area contributed by atoms with E-state index in [4.69, 9.17) is 11.5 Å². The molecule has 0 bridgehead atoms. The second kappa shape index (κ2) is 10.9. The molecule has 3 rings (SSSR count). The van der Waals surface area contributed by atoms with Crippen LogP contribution in [-0.2, 0) is 9.59 Å². The van der Waals surface area contributed by atoms with Crippen molar-refractivity contribution < 1.29 is 9.59 Å². The fourth-order valence-electron chi connectivity index (χ4n) is 3.35. The Balaban J connectivity index is 0.00000320. The molecule has 1 aromatic heterocycles. The fraction of sp³-hybridized carbons (Fsp3) is 0.227. The summed E-state index contributed by atoms with van der Waals surface area (Å²) in [5, 5.41) is 3.08. The number of imidazole rings is 1. The van der Waals surface area contributed by atoms with Gasteiger partial charge in [0.25, 0.3) is 0 Å². The molecule has 3 aromatic rings. The average molecular weight is 519 g/mol. The van der Waals surface area contributed by atoms with Crippen LogP contribution >= 0.6 is 24.0 Å². The number of nitrogens with two attached hydrogens (primary N) is 2. The molecule has 30 heavy (non-hydrogen) atoms. The van der Waals surface area contributed by atoms with Gasteiger partial charge in [-0.15, -0.1) is 24.0 Å². The van der Waals surface area contributed by atoms with Crippen molar-refractivity contribution in [3.63, 3.8) is 0 Å². The van der Waals surface area contributed by atoms with E-state index in [1.165, 1.54) is 0 Å². The van der Waals surface area contributed by atoms with E-state index >= 15 is 0 Å². The van der Waals surface area contributed by atoms with Gasteiger partial charge in [0.1, 0.15) is 0 Å². The number of H-pyrrole nitrogens is 1. The van der Waals surface area contributed by atoms with Crippen molar-refractivity contribution in [3.05, 3.63) is 84.2 Å². The number of anilines is 1. The number of aromatic nitrogens is 2. The lowest BCUT2D eigenvalue weighted by atomic mass is 9.76. The van der Waals surface area contributed by atoms with E-state index in [0.717, 1.165) is 11.1 Å². The van der Waals surface area contributed by atoms with Crippen molar-refractivity contribution in [1.82, 2.24) is 9.97 Å². The maximum atomic E-state index is 13.6. The van der Waals surface area contributed by atoms with Gasteiger partial charge in [-0.2, -0.15) is 0 Å². The number of carbonyl (C=O) groups excluding carboxylic acids is 2. The quantitative estimate of drug-likeness (QED) is 0.186. The Hall–Kier alpha value is -2.72. The van der Waals surface area contributed by atoms with E-state index in [1.807, 2.05) is 60.7 Å². The SMILES string of the molecule is I.NC(=O)[C@@](N)(CCCNc1ncc[nH]1)C(=O)C(c1ccccc1)c1ccccc1. The van der Waals surface area contributed by atoms with Crippen molar-refractivity contribution in [2.45, 2.75) is 24.3 Å². The van der Waals surface area contributed by atoms with E-state index in [0.29, 0.717) is 18.9 Å². The van der Waals surface area contributed by atoms with Gasteiger partial charge >= 0.3 is 0 Å². The molecule has 0 saturated carbocycles. The molecule has 0 radical (unpaired) electrons. The van der Waals surface area contributed by atoms with Crippen LogP contribution in [0, 0.1) is 0 Å².